The van der Waals surface area contributed by atoms with Gasteiger partial charge < -0.3 is 9.30 Å². The third-order valence-corrected chi connectivity index (χ3v) is 5.34. The summed E-state index contributed by atoms with van der Waals surface area (Å²) in [4.78, 5) is 48.9. The Morgan fingerprint density at radius 1 is 1.03 bits per heavy atom. The predicted molar refractivity (Wildman–Crippen MR) is 117 cm³/mol. The van der Waals surface area contributed by atoms with Gasteiger partial charge in [0.15, 0.2) is 0 Å². The van der Waals surface area contributed by atoms with Gasteiger partial charge in [-0.05, 0) is 12.1 Å². The zero-order chi connectivity index (χ0) is 23.2. The SMILES string of the molecule is COC(=O)c1ccccc1-n1cc2c(c1-c1cccc([N+](=O)[O-])c1)c(=O)n(C)c(=O)n2C. The smallest absolute Gasteiger partial charge is 0.339 e. The number of carbonyl (C=O) groups is 1. The highest BCUT2D eigenvalue weighted by Gasteiger charge is 2.23. The second-order valence-corrected chi connectivity index (χ2v) is 7.13. The lowest BCUT2D eigenvalue weighted by atomic mass is 10.1. The van der Waals surface area contributed by atoms with Crippen LogP contribution in [0.4, 0.5) is 5.69 Å². The van der Waals surface area contributed by atoms with Crippen molar-refractivity contribution in [3.05, 3.63) is 91.2 Å². The molecule has 0 fully saturated rings. The molecule has 0 amide bonds. The van der Waals surface area contributed by atoms with Crippen LogP contribution in [0.2, 0.25) is 0 Å². The van der Waals surface area contributed by atoms with E-state index >= 15 is 0 Å². The largest absolute Gasteiger partial charge is 0.465 e. The number of nitro groups is 1. The van der Waals surface area contributed by atoms with Gasteiger partial charge in [0.25, 0.3) is 11.2 Å². The van der Waals surface area contributed by atoms with Gasteiger partial charge in [-0.1, -0.05) is 24.3 Å². The Morgan fingerprint density at radius 2 is 1.75 bits per heavy atom. The number of para-hydroxylation sites is 1. The summed E-state index contributed by atoms with van der Waals surface area (Å²) in [6.07, 6.45) is 1.56. The maximum absolute atomic E-state index is 13.1. The van der Waals surface area contributed by atoms with E-state index in [0.717, 1.165) is 4.57 Å². The lowest BCUT2D eigenvalue weighted by molar-refractivity contribution is -0.384. The van der Waals surface area contributed by atoms with Crippen molar-refractivity contribution < 1.29 is 14.5 Å². The number of aromatic nitrogens is 3. The molecule has 0 saturated heterocycles. The van der Waals surface area contributed by atoms with E-state index in [1.165, 1.54) is 44.0 Å². The van der Waals surface area contributed by atoms with Crippen LogP contribution in [-0.4, -0.2) is 31.7 Å². The quantitative estimate of drug-likeness (QED) is 0.276. The van der Waals surface area contributed by atoms with E-state index in [0.29, 0.717) is 22.5 Å². The molecule has 2 aromatic heterocycles. The number of nitrogens with zero attached hydrogens (tertiary/aromatic N) is 4. The Kier molecular flexibility index (Phi) is 4.97. The van der Waals surface area contributed by atoms with E-state index in [4.69, 9.17) is 4.74 Å². The first-order chi connectivity index (χ1) is 15.3. The minimum Gasteiger partial charge on any atom is -0.465 e. The number of nitro benzene ring substituents is 1. The van der Waals surface area contributed by atoms with Crippen molar-refractivity contribution in [3.63, 3.8) is 0 Å². The van der Waals surface area contributed by atoms with Gasteiger partial charge in [0.2, 0.25) is 0 Å². The summed E-state index contributed by atoms with van der Waals surface area (Å²) in [6.45, 7) is 0. The zero-order valence-electron chi connectivity index (χ0n) is 17.4. The molecule has 0 atom stereocenters. The number of rotatable bonds is 4. The number of aryl methyl sites for hydroxylation is 1. The first-order valence-electron chi connectivity index (χ1n) is 9.50. The first-order valence-corrected chi connectivity index (χ1v) is 9.50. The number of benzene rings is 2. The van der Waals surface area contributed by atoms with Crippen LogP contribution in [-0.2, 0) is 18.8 Å². The van der Waals surface area contributed by atoms with Crippen LogP contribution in [0.25, 0.3) is 27.8 Å². The number of fused-ring (bicyclic) bond motifs is 1. The summed E-state index contributed by atoms with van der Waals surface area (Å²) < 4.78 is 8.76. The lowest BCUT2D eigenvalue weighted by Gasteiger charge is -2.13. The number of hydrogen-bond donors (Lipinski definition) is 0. The number of hydrogen-bond acceptors (Lipinski definition) is 6. The van der Waals surface area contributed by atoms with Gasteiger partial charge in [-0.3, -0.25) is 24.0 Å². The van der Waals surface area contributed by atoms with Crippen molar-refractivity contribution in [3.8, 4) is 16.9 Å². The summed E-state index contributed by atoms with van der Waals surface area (Å²) in [5.74, 6) is -0.592. The third-order valence-electron chi connectivity index (χ3n) is 5.34. The van der Waals surface area contributed by atoms with Crippen molar-refractivity contribution in [2.24, 2.45) is 14.1 Å². The average molecular weight is 434 g/mol. The standard InChI is InChI=1S/C22H18N4O6/c1-23-17-12-25(16-10-5-4-9-15(16)21(28)32-3)19(18(17)20(27)24(2)22(23)29)13-7-6-8-14(11-13)26(30)31/h4-12H,1-3H3. The molecule has 10 heteroatoms. The van der Waals surface area contributed by atoms with Crippen LogP contribution >= 0.6 is 0 Å². The Labute approximate surface area is 180 Å². The summed E-state index contributed by atoms with van der Waals surface area (Å²) in [5.41, 5.74) is 0.396. The molecular weight excluding hydrogens is 416 g/mol. The molecule has 0 radical (unpaired) electrons. The van der Waals surface area contributed by atoms with Crippen LogP contribution in [0.1, 0.15) is 10.4 Å². The maximum atomic E-state index is 13.1. The number of esters is 1. The minimum absolute atomic E-state index is 0.161. The highest BCUT2D eigenvalue weighted by atomic mass is 16.6. The van der Waals surface area contributed by atoms with E-state index in [2.05, 4.69) is 0 Å². The molecule has 2 aromatic carbocycles. The van der Waals surface area contributed by atoms with E-state index in [9.17, 15) is 24.5 Å². The van der Waals surface area contributed by atoms with Gasteiger partial charge in [0.05, 0.1) is 39.9 Å². The Balaban J connectivity index is 2.21. The van der Waals surface area contributed by atoms with Gasteiger partial charge >= 0.3 is 11.7 Å². The molecule has 0 aliphatic heterocycles. The molecule has 0 bridgehead atoms. The molecular formula is C22H18N4O6. The van der Waals surface area contributed by atoms with Crippen molar-refractivity contribution in [1.82, 2.24) is 13.7 Å². The number of ether oxygens (including phenoxy) is 1. The molecule has 0 unspecified atom stereocenters. The molecule has 0 aliphatic rings. The summed E-state index contributed by atoms with van der Waals surface area (Å²) in [6, 6.07) is 12.4. The van der Waals surface area contributed by atoms with Gasteiger partial charge in [-0.25, -0.2) is 9.59 Å². The third kappa shape index (κ3) is 3.09. The molecule has 0 spiro atoms. The number of carbonyl (C=O) groups excluding carboxylic acids is 1. The predicted octanol–water partition coefficient (Wildman–Crippen LogP) is 2.39. The lowest BCUT2D eigenvalue weighted by Crippen LogP contribution is -2.36. The Hall–Kier alpha value is -4.47. The fourth-order valence-corrected chi connectivity index (χ4v) is 3.75. The molecule has 4 aromatic rings. The Bertz CT molecular complexity index is 1530. The van der Waals surface area contributed by atoms with Crippen molar-refractivity contribution >= 4 is 22.6 Å². The molecule has 0 aliphatic carbocycles. The molecule has 162 valence electrons. The fourth-order valence-electron chi connectivity index (χ4n) is 3.75. The van der Waals surface area contributed by atoms with Gasteiger partial charge in [0, 0.05) is 38.0 Å². The van der Waals surface area contributed by atoms with E-state index in [1.54, 1.807) is 41.1 Å². The molecule has 0 N–H and O–H groups in total. The Morgan fingerprint density at radius 3 is 2.44 bits per heavy atom. The number of methoxy groups -OCH3 is 1. The second kappa shape index (κ2) is 7.65. The summed E-state index contributed by atoms with van der Waals surface area (Å²) >= 11 is 0. The first kappa shape index (κ1) is 20.8. The van der Waals surface area contributed by atoms with Gasteiger partial charge in [0.1, 0.15) is 0 Å². The molecule has 32 heavy (non-hydrogen) atoms. The second-order valence-electron chi connectivity index (χ2n) is 7.13. The van der Waals surface area contributed by atoms with Gasteiger partial charge in [-0.15, -0.1) is 0 Å². The average Bonchev–Trinajstić information content (AvgIpc) is 3.21. The molecule has 4 rings (SSSR count). The van der Waals surface area contributed by atoms with E-state index < -0.39 is 22.1 Å². The molecule has 10 nitrogen and oxygen atoms in total. The molecule has 2 heterocycles. The summed E-state index contributed by atoms with van der Waals surface area (Å²) in [7, 11) is 4.14. The highest BCUT2D eigenvalue weighted by molar-refractivity contribution is 5.98. The zero-order valence-corrected chi connectivity index (χ0v) is 17.4. The molecule has 0 saturated carbocycles. The summed E-state index contributed by atoms with van der Waals surface area (Å²) in [5, 5.41) is 11.6. The van der Waals surface area contributed by atoms with Crippen LogP contribution in [0.5, 0.6) is 0 Å². The minimum atomic E-state index is -0.592. The van der Waals surface area contributed by atoms with E-state index in [1.807, 2.05) is 0 Å². The van der Waals surface area contributed by atoms with Crippen LogP contribution in [0, 0.1) is 10.1 Å². The van der Waals surface area contributed by atoms with E-state index in [-0.39, 0.29) is 16.6 Å². The maximum Gasteiger partial charge on any atom is 0.339 e. The van der Waals surface area contributed by atoms with Crippen molar-refractivity contribution in [2.45, 2.75) is 0 Å². The van der Waals surface area contributed by atoms with Gasteiger partial charge in [-0.2, -0.15) is 0 Å². The van der Waals surface area contributed by atoms with Crippen LogP contribution in [0.15, 0.2) is 64.3 Å². The normalized spacial score (nSPS) is 11.0. The highest BCUT2D eigenvalue weighted by Crippen LogP contribution is 2.33. The monoisotopic (exact) mass is 434 g/mol. The van der Waals surface area contributed by atoms with Crippen LogP contribution in [0.3, 0.4) is 0 Å². The number of non-ortho nitro benzene ring substituents is 1. The fraction of sp³-hybridized carbons (Fsp3) is 0.136. The van der Waals surface area contributed by atoms with Crippen LogP contribution < -0.4 is 11.2 Å². The van der Waals surface area contributed by atoms with Crippen molar-refractivity contribution in [2.75, 3.05) is 7.11 Å². The topological polar surface area (TPSA) is 118 Å². The van der Waals surface area contributed by atoms with Crippen molar-refractivity contribution in [1.29, 1.82) is 0 Å².